The molecule has 0 radical (unpaired) electrons. The standard InChI is InChI=1S/C23H35FN6/c1-4-25-23(29-15-12-19(18-29)17-28(5-2)6-3)26-14-11-21-13-16-30(27-21)22-9-7-20(24)8-10-22/h7-10,13,16,19H,4-6,11-12,14-15,17-18H2,1-3H3,(H,25,26). The predicted molar refractivity (Wildman–Crippen MR) is 121 cm³/mol. The summed E-state index contributed by atoms with van der Waals surface area (Å²) in [5.41, 5.74) is 1.84. The molecule has 1 aromatic heterocycles. The number of guanidine groups is 1. The summed E-state index contributed by atoms with van der Waals surface area (Å²) in [6, 6.07) is 8.37. The number of nitrogens with one attached hydrogen (secondary N) is 1. The van der Waals surface area contributed by atoms with E-state index < -0.39 is 0 Å². The van der Waals surface area contributed by atoms with Gasteiger partial charge in [-0.2, -0.15) is 5.10 Å². The van der Waals surface area contributed by atoms with Crippen LogP contribution in [0.4, 0.5) is 4.39 Å². The Labute approximate surface area is 179 Å². The molecule has 1 atom stereocenters. The maximum atomic E-state index is 13.1. The van der Waals surface area contributed by atoms with E-state index in [9.17, 15) is 4.39 Å². The second-order valence-corrected chi connectivity index (χ2v) is 7.80. The second kappa shape index (κ2) is 11.1. The molecule has 0 saturated carbocycles. The number of halogens is 1. The van der Waals surface area contributed by atoms with Crippen molar-refractivity contribution in [2.24, 2.45) is 10.9 Å². The Morgan fingerprint density at radius 1 is 1.20 bits per heavy atom. The summed E-state index contributed by atoms with van der Waals surface area (Å²) in [5, 5.41) is 8.05. The number of aromatic nitrogens is 2. The van der Waals surface area contributed by atoms with Crippen LogP contribution in [0.2, 0.25) is 0 Å². The minimum Gasteiger partial charge on any atom is -0.357 e. The molecule has 30 heavy (non-hydrogen) atoms. The highest BCUT2D eigenvalue weighted by Crippen LogP contribution is 2.18. The molecule has 1 aromatic carbocycles. The molecule has 2 heterocycles. The molecule has 0 bridgehead atoms. The molecule has 1 fully saturated rings. The van der Waals surface area contributed by atoms with Gasteiger partial charge in [0.05, 0.1) is 11.4 Å². The smallest absolute Gasteiger partial charge is 0.193 e. The van der Waals surface area contributed by atoms with Crippen molar-refractivity contribution in [2.45, 2.75) is 33.6 Å². The lowest BCUT2D eigenvalue weighted by atomic mass is 10.1. The zero-order valence-electron chi connectivity index (χ0n) is 18.5. The lowest BCUT2D eigenvalue weighted by Crippen LogP contribution is -2.41. The third-order valence-corrected chi connectivity index (χ3v) is 5.70. The number of hydrogen-bond acceptors (Lipinski definition) is 3. The topological polar surface area (TPSA) is 48.7 Å². The maximum absolute atomic E-state index is 13.1. The van der Waals surface area contributed by atoms with Gasteiger partial charge in [0.2, 0.25) is 0 Å². The van der Waals surface area contributed by atoms with Crippen molar-refractivity contribution in [3.8, 4) is 5.69 Å². The van der Waals surface area contributed by atoms with Crippen molar-refractivity contribution >= 4 is 5.96 Å². The van der Waals surface area contributed by atoms with Crippen LogP contribution in [0.15, 0.2) is 41.5 Å². The first-order valence-electron chi connectivity index (χ1n) is 11.2. The van der Waals surface area contributed by atoms with Gasteiger partial charge in [-0.05, 0) is 62.7 Å². The number of likely N-dealkylation sites (tertiary alicyclic amines) is 1. The summed E-state index contributed by atoms with van der Waals surface area (Å²) in [5.74, 6) is 1.48. The minimum atomic E-state index is -0.238. The molecule has 1 saturated heterocycles. The largest absolute Gasteiger partial charge is 0.357 e. The zero-order valence-corrected chi connectivity index (χ0v) is 18.5. The molecule has 1 N–H and O–H groups in total. The first kappa shape index (κ1) is 22.3. The zero-order chi connectivity index (χ0) is 21.3. The highest BCUT2D eigenvalue weighted by atomic mass is 19.1. The first-order valence-corrected chi connectivity index (χ1v) is 11.2. The van der Waals surface area contributed by atoms with Gasteiger partial charge in [0, 0.05) is 45.3 Å². The average molecular weight is 415 g/mol. The van der Waals surface area contributed by atoms with Crippen LogP contribution < -0.4 is 5.32 Å². The predicted octanol–water partition coefficient (Wildman–Crippen LogP) is 3.18. The van der Waals surface area contributed by atoms with Gasteiger partial charge in [0.1, 0.15) is 5.82 Å². The molecule has 1 unspecified atom stereocenters. The monoisotopic (exact) mass is 414 g/mol. The number of nitrogens with zero attached hydrogens (tertiary/aromatic N) is 5. The van der Waals surface area contributed by atoms with Crippen LogP contribution in [0.25, 0.3) is 5.69 Å². The van der Waals surface area contributed by atoms with Gasteiger partial charge in [-0.3, -0.25) is 4.99 Å². The molecule has 164 valence electrons. The summed E-state index contributed by atoms with van der Waals surface area (Å²) >= 11 is 0. The van der Waals surface area contributed by atoms with Crippen LogP contribution in [-0.4, -0.2) is 71.4 Å². The van der Waals surface area contributed by atoms with Gasteiger partial charge in [-0.1, -0.05) is 13.8 Å². The average Bonchev–Trinajstić information content (AvgIpc) is 3.42. The molecule has 3 rings (SSSR count). The molecule has 0 amide bonds. The molecule has 1 aliphatic heterocycles. The van der Waals surface area contributed by atoms with E-state index in [1.54, 1.807) is 16.8 Å². The second-order valence-electron chi connectivity index (χ2n) is 7.80. The number of benzene rings is 1. The fraction of sp³-hybridized carbons (Fsp3) is 0.565. The Morgan fingerprint density at radius 3 is 2.67 bits per heavy atom. The van der Waals surface area contributed by atoms with Crippen molar-refractivity contribution in [1.29, 1.82) is 0 Å². The Bertz CT molecular complexity index is 796. The van der Waals surface area contributed by atoms with Crippen molar-refractivity contribution in [3.63, 3.8) is 0 Å². The normalized spacial score (nSPS) is 17.2. The van der Waals surface area contributed by atoms with Gasteiger partial charge in [0.15, 0.2) is 5.96 Å². The van der Waals surface area contributed by atoms with Crippen LogP contribution >= 0.6 is 0 Å². The Morgan fingerprint density at radius 2 is 1.97 bits per heavy atom. The molecule has 2 aromatic rings. The van der Waals surface area contributed by atoms with Gasteiger partial charge in [-0.15, -0.1) is 0 Å². The molecule has 0 aliphatic carbocycles. The number of rotatable bonds is 9. The van der Waals surface area contributed by atoms with Crippen molar-refractivity contribution in [1.82, 2.24) is 24.9 Å². The van der Waals surface area contributed by atoms with Gasteiger partial charge in [0.25, 0.3) is 0 Å². The van der Waals surface area contributed by atoms with Crippen LogP contribution in [0.3, 0.4) is 0 Å². The summed E-state index contributed by atoms with van der Waals surface area (Å²) in [6.45, 7) is 13.7. The summed E-state index contributed by atoms with van der Waals surface area (Å²) < 4.78 is 14.9. The number of aliphatic imine (C=N–C) groups is 1. The van der Waals surface area contributed by atoms with E-state index in [1.807, 2.05) is 12.3 Å². The van der Waals surface area contributed by atoms with E-state index in [0.717, 1.165) is 56.5 Å². The first-order chi connectivity index (χ1) is 14.6. The van der Waals surface area contributed by atoms with E-state index >= 15 is 0 Å². The molecule has 0 spiro atoms. The minimum absolute atomic E-state index is 0.238. The van der Waals surface area contributed by atoms with E-state index in [1.165, 1.54) is 25.1 Å². The fourth-order valence-corrected chi connectivity index (χ4v) is 3.96. The Hall–Kier alpha value is -2.41. The highest BCUT2D eigenvalue weighted by Gasteiger charge is 2.25. The van der Waals surface area contributed by atoms with Gasteiger partial charge >= 0.3 is 0 Å². The number of hydrogen-bond donors (Lipinski definition) is 1. The van der Waals surface area contributed by atoms with E-state index in [0.29, 0.717) is 12.5 Å². The van der Waals surface area contributed by atoms with Gasteiger partial charge in [-0.25, -0.2) is 9.07 Å². The third-order valence-electron chi connectivity index (χ3n) is 5.70. The quantitative estimate of drug-likeness (QED) is 0.506. The van der Waals surface area contributed by atoms with E-state index in [2.05, 4.69) is 41.0 Å². The maximum Gasteiger partial charge on any atom is 0.193 e. The van der Waals surface area contributed by atoms with Crippen molar-refractivity contribution in [3.05, 3.63) is 48.0 Å². The summed E-state index contributed by atoms with van der Waals surface area (Å²) in [7, 11) is 0. The Balaban J connectivity index is 1.55. The molecule has 1 aliphatic rings. The van der Waals surface area contributed by atoms with Crippen LogP contribution in [0.5, 0.6) is 0 Å². The summed E-state index contributed by atoms with van der Waals surface area (Å²) in [6.07, 6.45) is 3.92. The van der Waals surface area contributed by atoms with Crippen molar-refractivity contribution < 1.29 is 4.39 Å². The van der Waals surface area contributed by atoms with Gasteiger partial charge < -0.3 is 15.1 Å². The fourth-order valence-electron chi connectivity index (χ4n) is 3.96. The van der Waals surface area contributed by atoms with E-state index in [4.69, 9.17) is 4.99 Å². The van der Waals surface area contributed by atoms with E-state index in [-0.39, 0.29) is 5.82 Å². The summed E-state index contributed by atoms with van der Waals surface area (Å²) in [4.78, 5) is 9.76. The molecular formula is C23H35FN6. The molecule has 7 heteroatoms. The lowest BCUT2D eigenvalue weighted by Gasteiger charge is -2.24. The molecule has 6 nitrogen and oxygen atoms in total. The lowest BCUT2D eigenvalue weighted by molar-refractivity contribution is 0.255. The highest BCUT2D eigenvalue weighted by molar-refractivity contribution is 5.80. The van der Waals surface area contributed by atoms with Crippen LogP contribution in [0.1, 0.15) is 32.9 Å². The molecular weight excluding hydrogens is 379 g/mol. The van der Waals surface area contributed by atoms with Crippen LogP contribution in [0, 0.1) is 11.7 Å². The van der Waals surface area contributed by atoms with Crippen molar-refractivity contribution in [2.75, 3.05) is 45.8 Å². The Kier molecular flexibility index (Phi) is 8.25. The SMILES string of the molecule is CCNC(=NCCc1ccn(-c2ccc(F)cc2)n1)N1CCC(CN(CC)CC)C1. The van der Waals surface area contributed by atoms with Crippen LogP contribution in [-0.2, 0) is 6.42 Å². The third kappa shape index (κ3) is 6.05.